The van der Waals surface area contributed by atoms with Crippen LogP contribution in [0.5, 0.6) is 0 Å². The number of halogens is 1. The molecular weight excluding hydrogens is 324 g/mol. The number of nitrogens with one attached hydrogen (secondary N) is 1. The highest BCUT2D eigenvalue weighted by Crippen LogP contribution is 2.22. The van der Waals surface area contributed by atoms with Gasteiger partial charge < -0.3 is 9.88 Å². The highest BCUT2D eigenvalue weighted by molar-refractivity contribution is 9.11. The minimum atomic E-state index is 0.234. The van der Waals surface area contributed by atoms with Crippen molar-refractivity contribution in [2.45, 2.75) is 45.3 Å². The molecule has 1 aliphatic rings. The molecule has 0 spiro atoms. The Morgan fingerprint density at radius 3 is 3.16 bits per heavy atom. The molecule has 0 aromatic carbocycles. The summed E-state index contributed by atoms with van der Waals surface area (Å²) < 4.78 is 3.46. The predicted molar refractivity (Wildman–Crippen MR) is 80.2 cm³/mol. The second kappa shape index (κ2) is 5.73. The van der Waals surface area contributed by atoms with Gasteiger partial charge in [0.15, 0.2) is 0 Å². The van der Waals surface area contributed by atoms with Gasteiger partial charge in [0.05, 0.1) is 9.83 Å². The van der Waals surface area contributed by atoms with Crippen molar-refractivity contribution >= 4 is 27.3 Å². The molecule has 1 unspecified atom stereocenters. The number of fused-ring (bicyclic) bond motifs is 1. The van der Waals surface area contributed by atoms with Gasteiger partial charge in [0.25, 0.3) is 0 Å². The SMILES string of the molecule is CC(NCc1csc(Br)c1)c1nnc2n1CCCC2. The summed E-state index contributed by atoms with van der Waals surface area (Å²) in [7, 11) is 0. The van der Waals surface area contributed by atoms with E-state index in [9.17, 15) is 0 Å². The molecule has 19 heavy (non-hydrogen) atoms. The minimum Gasteiger partial charge on any atom is -0.314 e. The third-order valence-electron chi connectivity index (χ3n) is 3.51. The Morgan fingerprint density at radius 2 is 2.37 bits per heavy atom. The summed E-state index contributed by atoms with van der Waals surface area (Å²) in [6, 6.07) is 2.39. The van der Waals surface area contributed by atoms with Crippen molar-refractivity contribution in [1.82, 2.24) is 20.1 Å². The second-order valence-electron chi connectivity index (χ2n) is 4.94. The van der Waals surface area contributed by atoms with Gasteiger partial charge in [0.2, 0.25) is 0 Å². The van der Waals surface area contributed by atoms with Gasteiger partial charge in [-0.25, -0.2) is 0 Å². The largest absolute Gasteiger partial charge is 0.314 e. The summed E-state index contributed by atoms with van der Waals surface area (Å²) in [5.41, 5.74) is 1.31. The number of rotatable bonds is 4. The topological polar surface area (TPSA) is 42.7 Å². The molecule has 0 saturated heterocycles. The van der Waals surface area contributed by atoms with Crippen LogP contribution in [0, 0.1) is 0 Å². The number of nitrogens with zero attached hydrogens (tertiary/aromatic N) is 3. The predicted octanol–water partition coefficient (Wildman–Crippen LogP) is 3.29. The van der Waals surface area contributed by atoms with Gasteiger partial charge in [0, 0.05) is 19.5 Å². The summed E-state index contributed by atoms with van der Waals surface area (Å²) in [6.45, 7) is 4.09. The van der Waals surface area contributed by atoms with Crippen LogP contribution in [0.1, 0.15) is 43.0 Å². The average molecular weight is 341 g/mol. The lowest BCUT2D eigenvalue weighted by Gasteiger charge is -2.18. The normalized spacial score (nSPS) is 16.3. The van der Waals surface area contributed by atoms with E-state index in [2.05, 4.69) is 54.4 Å². The van der Waals surface area contributed by atoms with Crippen LogP contribution in [0.2, 0.25) is 0 Å². The first-order valence-electron chi connectivity index (χ1n) is 6.62. The lowest BCUT2D eigenvalue weighted by Crippen LogP contribution is -2.23. The number of thiophene rings is 1. The first-order valence-corrected chi connectivity index (χ1v) is 8.29. The molecule has 3 rings (SSSR count). The fourth-order valence-electron chi connectivity index (χ4n) is 2.45. The van der Waals surface area contributed by atoms with Gasteiger partial charge in [-0.2, -0.15) is 0 Å². The molecule has 1 aliphatic heterocycles. The molecule has 0 amide bonds. The summed E-state index contributed by atoms with van der Waals surface area (Å²) in [4.78, 5) is 0. The zero-order valence-electron chi connectivity index (χ0n) is 10.9. The lowest BCUT2D eigenvalue weighted by atomic mass is 10.1. The summed E-state index contributed by atoms with van der Waals surface area (Å²) >= 11 is 5.21. The Balaban J connectivity index is 1.67. The Kier molecular flexibility index (Phi) is 4.00. The van der Waals surface area contributed by atoms with E-state index in [0.717, 1.165) is 31.2 Å². The molecule has 102 valence electrons. The van der Waals surface area contributed by atoms with Crippen LogP contribution < -0.4 is 5.32 Å². The van der Waals surface area contributed by atoms with E-state index in [1.165, 1.54) is 22.2 Å². The van der Waals surface area contributed by atoms with E-state index in [1.54, 1.807) is 11.3 Å². The highest BCUT2D eigenvalue weighted by Gasteiger charge is 2.19. The van der Waals surface area contributed by atoms with Crippen molar-refractivity contribution in [2.24, 2.45) is 0 Å². The van der Waals surface area contributed by atoms with Crippen LogP contribution in [0.25, 0.3) is 0 Å². The van der Waals surface area contributed by atoms with Crippen LogP contribution in [0.3, 0.4) is 0 Å². The maximum absolute atomic E-state index is 4.36. The van der Waals surface area contributed by atoms with Crippen molar-refractivity contribution in [2.75, 3.05) is 0 Å². The lowest BCUT2D eigenvalue weighted by molar-refractivity contribution is 0.465. The quantitative estimate of drug-likeness (QED) is 0.928. The van der Waals surface area contributed by atoms with E-state index >= 15 is 0 Å². The Bertz CT molecular complexity index is 563. The maximum Gasteiger partial charge on any atom is 0.149 e. The molecule has 2 aromatic rings. The molecular formula is C13H17BrN4S. The first kappa shape index (κ1) is 13.3. The summed E-state index contributed by atoms with van der Waals surface area (Å²) in [5, 5.41) is 14.4. The Morgan fingerprint density at radius 1 is 1.47 bits per heavy atom. The Labute approximate surface area is 125 Å². The van der Waals surface area contributed by atoms with Gasteiger partial charge in [-0.1, -0.05) is 0 Å². The molecule has 1 N–H and O–H groups in total. The third-order valence-corrected chi connectivity index (χ3v) is 5.06. The zero-order chi connectivity index (χ0) is 13.2. The summed E-state index contributed by atoms with van der Waals surface area (Å²) in [6.07, 6.45) is 3.54. The molecule has 6 heteroatoms. The molecule has 0 aliphatic carbocycles. The fourth-order valence-corrected chi connectivity index (χ4v) is 3.66. The molecule has 0 fully saturated rings. The Hall–Kier alpha value is -0.720. The zero-order valence-corrected chi connectivity index (χ0v) is 13.3. The number of aromatic nitrogens is 3. The van der Waals surface area contributed by atoms with Crippen molar-refractivity contribution < 1.29 is 0 Å². The van der Waals surface area contributed by atoms with E-state index in [0.29, 0.717) is 0 Å². The minimum absolute atomic E-state index is 0.234. The van der Waals surface area contributed by atoms with Crippen molar-refractivity contribution in [3.8, 4) is 0 Å². The van der Waals surface area contributed by atoms with E-state index in [4.69, 9.17) is 0 Å². The summed E-state index contributed by atoms with van der Waals surface area (Å²) in [5.74, 6) is 2.22. The van der Waals surface area contributed by atoms with Crippen LogP contribution >= 0.6 is 27.3 Å². The molecule has 4 nitrogen and oxygen atoms in total. The van der Waals surface area contributed by atoms with Gasteiger partial charge in [-0.15, -0.1) is 21.5 Å². The van der Waals surface area contributed by atoms with Crippen LogP contribution in [-0.2, 0) is 19.5 Å². The van der Waals surface area contributed by atoms with Crippen molar-refractivity contribution in [3.05, 3.63) is 32.4 Å². The number of hydrogen-bond donors (Lipinski definition) is 1. The molecule has 1 atom stereocenters. The third kappa shape index (κ3) is 2.90. The van der Waals surface area contributed by atoms with Gasteiger partial charge in [-0.3, -0.25) is 0 Å². The number of aryl methyl sites for hydroxylation is 1. The van der Waals surface area contributed by atoms with Gasteiger partial charge >= 0.3 is 0 Å². The number of hydrogen-bond acceptors (Lipinski definition) is 4. The van der Waals surface area contributed by atoms with E-state index in [1.807, 2.05) is 0 Å². The fraction of sp³-hybridized carbons (Fsp3) is 0.538. The van der Waals surface area contributed by atoms with Crippen molar-refractivity contribution in [3.63, 3.8) is 0 Å². The van der Waals surface area contributed by atoms with E-state index < -0.39 is 0 Å². The second-order valence-corrected chi connectivity index (χ2v) is 7.24. The van der Waals surface area contributed by atoms with E-state index in [-0.39, 0.29) is 6.04 Å². The van der Waals surface area contributed by atoms with Gasteiger partial charge in [-0.05, 0) is 52.7 Å². The van der Waals surface area contributed by atoms with Crippen LogP contribution in [0.4, 0.5) is 0 Å². The van der Waals surface area contributed by atoms with Crippen LogP contribution in [0.15, 0.2) is 15.2 Å². The molecule has 3 heterocycles. The highest BCUT2D eigenvalue weighted by atomic mass is 79.9. The first-order chi connectivity index (χ1) is 9.24. The van der Waals surface area contributed by atoms with Crippen LogP contribution in [-0.4, -0.2) is 14.8 Å². The standard InChI is InChI=1S/C13H17BrN4S/c1-9(15-7-10-6-11(14)19-8-10)13-17-16-12-4-2-3-5-18(12)13/h6,8-9,15H,2-5,7H2,1H3. The molecule has 0 radical (unpaired) electrons. The molecule has 2 aromatic heterocycles. The van der Waals surface area contributed by atoms with Crippen molar-refractivity contribution in [1.29, 1.82) is 0 Å². The monoisotopic (exact) mass is 340 g/mol. The maximum atomic E-state index is 4.36. The smallest absolute Gasteiger partial charge is 0.149 e. The average Bonchev–Trinajstić information content (AvgIpc) is 3.02. The molecule has 0 saturated carbocycles. The van der Waals surface area contributed by atoms with Gasteiger partial charge in [0.1, 0.15) is 11.6 Å². The molecule has 0 bridgehead atoms.